The zero-order valence-corrected chi connectivity index (χ0v) is 14.8. The number of benzene rings is 2. The molecule has 2 aromatic carbocycles. The summed E-state index contributed by atoms with van der Waals surface area (Å²) in [4.78, 5) is 9.01. The van der Waals surface area contributed by atoms with Gasteiger partial charge in [-0.1, -0.05) is 18.2 Å². The zero-order valence-electron chi connectivity index (χ0n) is 14.0. The Morgan fingerprint density at radius 2 is 1.92 bits per heavy atom. The number of hydrogen-bond donors (Lipinski definition) is 1. The fourth-order valence-electron chi connectivity index (χ4n) is 2.74. The third-order valence-electron chi connectivity index (χ3n) is 3.97. The van der Waals surface area contributed by atoms with Gasteiger partial charge in [0, 0.05) is 11.1 Å². The Morgan fingerprint density at radius 1 is 1.12 bits per heavy atom. The minimum Gasteiger partial charge on any atom is -0.494 e. The number of fused-ring (bicyclic) bond motifs is 3. The van der Waals surface area contributed by atoms with Crippen LogP contribution >= 0.6 is 11.8 Å². The molecule has 0 aliphatic heterocycles. The number of nitrogens with two attached hydrogens (primary N) is 1. The maximum atomic E-state index is 13.0. The normalized spacial score (nSPS) is 11.3. The number of para-hydroxylation sites is 1. The summed E-state index contributed by atoms with van der Waals surface area (Å²) >= 11 is 1.65. The monoisotopic (exact) mass is 369 g/mol. The Bertz CT molecular complexity index is 1080. The van der Waals surface area contributed by atoms with Crippen molar-refractivity contribution in [1.29, 1.82) is 0 Å². The van der Waals surface area contributed by atoms with E-state index in [0.717, 1.165) is 16.7 Å². The second-order valence-corrected chi connectivity index (χ2v) is 6.69. The van der Waals surface area contributed by atoms with E-state index in [0.29, 0.717) is 28.5 Å². The van der Waals surface area contributed by atoms with Gasteiger partial charge in [0.05, 0.1) is 12.9 Å². The average Bonchev–Trinajstić information content (AvgIpc) is 3.08. The zero-order chi connectivity index (χ0) is 18.1. The Morgan fingerprint density at radius 3 is 2.69 bits per heavy atom. The number of aromatic nitrogens is 4. The van der Waals surface area contributed by atoms with Crippen molar-refractivity contribution in [2.45, 2.75) is 11.5 Å². The minimum atomic E-state index is -0.231. The molecule has 0 amide bonds. The van der Waals surface area contributed by atoms with E-state index in [9.17, 15) is 4.39 Å². The van der Waals surface area contributed by atoms with E-state index in [1.165, 1.54) is 12.1 Å². The van der Waals surface area contributed by atoms with E-state index >= 15 is 0 Å². The van der Waals surface area contributed by atoms with Crippen molar-refractivity contribution in [1.82, 2.24) is 19.6 Å². The first-order valence-corrected chi connectivity index (χ1v) is 9.11. The Kier molecular flexibility index (Phi) is 4.34. The summed E-state index contributed by atoms with van der Waals surface area (Å²) in [5.74, 6) is 2.71. The maximum absolute atomic E-state index is 13.0. The molecule has 0 aliphatic rings. The number of nitrogen functional groups attached to an aromatic ring is 1. The topological polar surface area (TPSA) is 78.3 Å². The number of anilines is 1. The third kappa shape index (κ3) is 3.03. The second-order valence-electron chi connectivity index (χ2n) is 5.71. The van der Waals surface area contributed by atoms with Crippen LogP contribution < -0.4 is 10.5 Å². The molecule has 4 aromatic rings. The van der Waals surface area contributed by atoms with Crippen molar-refractivity contribution >= 4 is 34.3 Å². The van der Waals surface area contributed by atoms with Gasteiger partial charge >= 0.3 is 0 Å². The molecule has 0 spiro atoms. The van der Waals surface area contributed by atoms with Gasteiger partial charge in [-0.15, -0.1) is 16.9 Å². The molecular weight excluding hydrogens is 353 g/mol. The molecule has 0 bridgehead atoms. The quantitative estimate of drug-likeness (QED) is 0.581. The SMILES string of the molecule is COc1cccc2c1nc(N)n1nc(CSCc3ccc(F)cc3)nc21. The Labute approximate surface area is 153 Å². The smallest absolute Gasteiger partial charge is 0.223 e. The number of halogens is 1. The molecule has 0 unspecified atom stereocenters. The van der Waals surface area contributed by atoms with Gasteiger partial charge in [-0.25, -0.2) is 14.4 Å². The van der Waals surface area contributed by atoms with E-state index in [2.05, 4.69) is 15.1 Å². The van der Waals surface area contributed by atoms with Crippen LogP contribution in [0.1, 0.15) is 11.4 Å². The molecule has 0 fully saturated rings. The summed E-state index contributed by atoms with van der Waals surface area (Å²) in [7, 11) is 1.60. The number of rotatable bonds is 5. The lowest BCUT2D eigenvalue weighted by atomic mass is 10.2. The second kappa shape index (κ2) is 6.80. The lowest BCUT2D eigenvalue weighted by Crippen LogP contribution is -2.03. The molecule has 8 heteroatoms. The minimum absolute atomic E-state index is 0.231. The number of hydrogen-bond acceptors (Lipinski definition) is 6. The first-order valence-electron chi connectivity index (χ1n) is 7.96. The van der Waals surface area contributed by atoms with Gasteiger partial charge in [0.2, 0.25) is 5.95 Å². The van der Waals surface area contributed by atoms with Gasteiger partial charge in [-0.05, 0) is 29.8 Å². The van der Waals surface area contributed by atoms with E-state index in [-0.39, 0.29) is 11.8 Å². The predicted octanol–water partition coefficient (Wildman–Crippen LogP) is 3.44. The van der Waals surface area contributed by atoms with Gasteiger partial charge in [-0.2, -0.15) is 4.52 Å². The average molecular weight is 369 g/mol. The van der Waals surface area contributed by atoms with Crippen LogP contribution in [0.4, 0.5) is 10.3 Å². The van der Waals surface area contributed by atoms with Crippen LogP contribution in [0.3, 0.4) is 0 Å². The summed E-state index contributed by atoms with van der Waals surface area (Å²) < 4.78 is 19.9. The summed E-state index contributed by atoms with van der Waals surface area (Å²) in [6.07, 6.45) is 0. The molecule has 0 aliphatic carbocycles. The van der Waals surface area contributed by atoms with E-state index in [1.807, 2.05) is 18.2 Å². The first kappa shape index (κ1) is 16.6. The molecule has 6 nitrogen and oxygen atoms in total. The van der Waals surface area contributed by atoms with Crippen LogP contribution in [0.25, 0.3) is 16.6 Å². The van der Waals surface area contributed by atoms with Crippen LogP contribution in [0.2, 0.25) is 0 Å². The van der Waals surface area contributed by atoms with Gasteiger partial charge in [0.15, 0.2) is 11.5 Å². The Balaban J connectivity index is 1.61. The van der Waals surface area contributed by atoms with Crippen molar-refractivity contribution in [3.63, 3.8) is 0 Å². The number of nitrogens with zero attached hydrogens (tertiary/aromatic N) is 4. The van der Waals surface area contributed by atoms with Crippen molar-refractivity contribution in [3.8, 4) is 5.75 Å². The van der Waals surface area contributed by atoms with Crippen molar-refractivity contribution < 1.29 is 9.13 Å². The highest BCUT2D eigenvalue weighted by atomic mass is 32.2. The maximum Gasteiger partial charge on any atom is 0.223 e. The molecule has 2 N–H and O–H groups in total. The van der Waals surface area contributed by atoms with E-state index in [4.69, 9.17) is 10.5 Å². The lowest BCUT2D eigenvalue weighted by molar-refractivity contribution is 0.419. The van der Waals surface area contributed by atoms with Crippen LogP contribution in [0.5, 0.6) is 5.75 Å². The lowest BCUT2D eigenvalue weighted by Gasteiger charge is -2.06. The number of methoxy groups -OCH3 is 1. The molecule has 2 aromatic heterocycles. The van der Waals surface area contributed by atoms with E-state index in [1.54, 1.807) is 35.5 Å². The highest BCUT2D eigenvalue weighted by molar-refractivity contribution is 7.97. The fourth-order valence-corrected chi connectivity index (χ4v) is 3.57. The van der Waals surface area contributed by atoms with Crippen LogP contribution in [-0.2, 0) is 11.5 Å². The van der Waals surface area contributed by atoms with Crippen LogP contribution in [0.15, 0.2) is 42.5 Å². The molecule has 0 radical (unpaired) electrons. The van der Waals surface area contributed by atoms with Gasteiger partial charge in [-0.3, -0.25) is 0 Å². The van der Waals surface area contributed by atoms with Gasteiger partial charge in [0.25, 0.3) is 0 Å². The standard InChI is InChI=1S/C18H16FN5OS/c1-25-14-4-2-3-13-16(14)22-18(20)24-17(13)21-15(23-24)10-26-9-11-5-7-12(19)8-6-11/h2-8H,9-10H2,1H3,(H2,20,22). The fraction of sp³-hybridized carbons (Fsp3) is 0.167. The van der Waals surface area contributed by atoms with Gasteiger partial charge in [0.1, 0.15) is 17.1 Å². The highest BCUT2D eigenvalue weighted by Gasteiger charge is 2.14. The van der Waals surface area contributed by atoms with Crippen molar-refractivity contribution in [2.24, 2.45) is 0 Å². The molecule has 4 rings (SSSR count). The summed E-state index contributed by atoms with van der Waals surface area (Å²) in [6, 6.07) is 12.1. The van der Waals surface area contributed by atoms with Crippen LogP contribution in [-0.4, -0.2) is 26.7 Å². The van der Waals surface area contributed by atoms with E-state index < -0.39 is 0 Å². The summed E-state index contributed by atoms with van der Waals surface area (Å²) in [5.41, 5.74) is 8.42. The highest BCUT2D eigenvalue weighted by Crippen LogP contribution is 2.28. The molecule has 132 valence electrons. The first-order chi connectivity index (χ1) is 12.7. The summed E-state index contributed by atoms with van der Waals surface area (Å²) in [6.45, 7) is 0. The number of ether oxygens (including phenoxy) is 1. The Hall–Kier alpha value is -2.87. The molecule has 26 heavy (non-hydrogen) atoms. The van der Waals surface area contributed by atoms with Crippen LogP contribution in [0, 0.1) is 5.82 Å². The predicted molar refractivity (Wildman–Crippen MR) is 101 cm³/mol. The molecule has 2 heterocycles. The third-order valence-corrected chi connectivity index (χ3v) is 4.97. The van der Waals surface area contributed by atoms with Crippen molar-refractivity contribution in [2.75, 3.05) is 12.8 Å². The summed E-state index contributed by atoms with van der Waals surface area (Å²) in [5, 5.41) is 5.29. The molecule has 0 saturated heterocycles. The largest absolute Gasteiger partial charge is 0.494 e. The van der Waals surface area contributed by atoms with Gasteiger partial charge < -0.3 is 10.5 Å². The number of thioether (sulfide) groups is 1. The molecule has 0 atom stereocenters. The molecular formula is C18H16FN5OS. The molecule has 0 saturated carbocycles. The van der Waals surface area contributed by atoms with Crippen molar-refractivity contribution in [3.05, 3.63) is 59.7 Å².